The minimum Gasteiger partial charge on any atom is -0.388 e. The van der Waals surface area contributed by atoms with Crippen molar-refractivity contribution in [2.24, 2.45) is 5.92 Å². The van der Waals surface area contributed by atoms with Gasteiger partial charge in [-0.05, 0) is 12.2 Å². The molecule has 2 aliphatic heterocycles. The highest BCUT2D eigenvalue weighted by Crippen LogP contribution is 2.24. The second kappa shape index (κ2) is 5.38. The number of hydrogen-bond donors (Lipinski definition) is 2. The van der Waals surface area contributed by atoms with Gasteiger partial charge in [0.25, 0.3) is 0 Å². The topological polar surface area (TPSA) is 58.6 Å². The average molecular weight is 245 g/mol. The van der Waals surface area contributed by atoms with Gasteiger partial charge >= 0.3 is 0 Å². The second-order valence-corrected chi connectivity index (χ2v) is 5.76. The largest absolute Gasteiger partial charge is 0.388 e. The van der Waals surface area contributed by atoms with E-state index in [1.807, 2.05) is 11.8 Å². The molecule has 16 heavy (non-hydrogen) atoms. The van der Waals surface area contributed by atoms with E-state index in [9.17, 15) is 9.90 Å². The maximum atomic E-state index is 11.8. The zero-order valence-corrected chi connectivity index (χ0v) is 10.2. The molecule has 0 spiro atoms. The van der Waals surface area contributed by atoms with Gasteiger partial charge in [0.1, 0.15) is 0 Å². The molecule has 0 aliphatic carbocycles. The Kier molecular flexibility index (Phi) is 4.10. The van der Waals surface area contributed by atoms with Gasteiger partial charge in [0.2, 0.25) is 5.91 Å². The van der Waals surface area contributed by atoms with Crippen molar-refractivity contribution >= 4 is 17.7 Å². The molecule has 92 valence electrons. The third-order valence-electron chi connectivity index (χ3n) is 3.32. The van der Waals surface area contributed by atoms with Crippen LogP contribution in [-0.4, -0.2) is 47.9 Å². The van der Waals surface area contributed by atoms with Gasteiger partial charge in [-0.3, -0.25) is 4.79 Å². The summed E-state index contributed by atoms with van der Waals surface area (Å²) < 4.78 is 5.20. The molecule has 1 atom stereocenters. The standard InChI is InChI=1S/C11H19NO3S/c13-10(9-1-6-16-7-9)12-8-11(14)2-4-15-5-3-11/h9,14H,1-8H2,(H,12,13). The summed E-state index contributed by atoms with van der Waals surface area (Å²) in [6.07, 6.45) is 2.21. The molecule has 0 aromatic carbocycles. The Morgan fingerprint density at radius 1 is 1.50 bits per heavy atom. The Hall–Kier alpha value is -0.260. The lowest BCUT2D eigenvalue weighted by atomic mass is 9.94. The summed E-state index contributed by atoms with van der Waals surface area (Å²) in [6.45, 7) is 1.55. The van der Waals surface area contributed by atoms with Gasteiger partial charge < -0.3 is 15.2 Å². The van der Waals surface area contributed by atoms with E-state index in [-0.39, 0.29) is 11.8 Å². The van der Waals surface area contributed by atoms with Gasteiger partial charge in [-0.25, -0.2) is 0 Å². The van der Waals surface area contributed by atoms with Crippen molar-refractivity contribution in [3.8, 4) is 0 Å². The van der Waals surface area contributed by atoms with Gasteiger partial charge in [-0.1, -0.05) is 0 Å². The predicted molar refractivity (Wildman–Crippen MR) is 63.4 cm³/mol. The van der Waals surface area contributed by atoms with Crippen molar-refractivity contribution in [2.75, 3.05) is 31.3 Å². The van der Waals surface area contributed by atoms with Crippen molar-refractivity contribution < 1.29 is 14.6 Å². The van der Waals surface area contributed by atoms with Crippen LogP contribution < -0.4 is 5.32 Å². The third kappa shape index (κ3) is 3.12. The van der Waals surface area contributed by atoms with E-state index in [1.165, 1.54) is 0 Å². The zero-order chi connectivity index (χ0) is 11.4. The number of carbonyl (C=O) groups excluding carboxylic acids is 1. The fourth-order valence-electron chi connectivity index (χ4n) is 2.07. The van der Waals surface area contributed by atoms with Crippen molar-refractivity contribution in [2.45, 2.75) is 24.9 Å². The van der Waals surface area contributed by atoms with Gasteiger partial charge in [0, 0.05) is 44.3 Å². The lowest BCUT2D eigenvalue weighted by Crippen LogP contribution is -2.47. The summed E-state index contributed by atoms with van der Waals surface area (Å²) >= 11 is 1.83. The van der Waals surface area contributed by atoms with Gasteiger partial charge in [-0.2, -0.15) is 11.8 Å². The summed E-state index contributed by atoms with van der Waals surface area (Å²) in [5, 5.41) is 13.0. The Morgan fingerprint density at radius 2 is 2.25 bits per heavy atom. The molecule has 5 heteroatoms. The Balaban J connectivity index is 1.75. The number of hydrogen-bond acceptors (Lipinski definition) is 4. The molecule has 4 nitrogen and oxygen atoms in total. The summed E-state index contributed by atoms with van der Waals surface area (Å²) in [5.41, 5.74) is -0.750. The summed E-state index contributed by atoms with van der Waals surface area (Å²) in [4.78, 5) is 11.8. The first-order chi connectivity index (χ1) is 7.70. The highest BCUT2D eigenvalue weighted by atomic mass is 32.2. The first kappa shape index (κ1) is 12.2. The van der Waals surface area contributed by atoms with E-state index in [0.29, 0.717) is 32.6 Å². The lowest BCUT2D eigenvalue weighted by molar-refractivity contribution is -0.127. The van der Waals surface area contributed by atoms with Crippen LogP contribution in [0.2, 0.25) is 0 Å². The van der Waals surface area contributed by atoms with Crippen LogP contribution >= 0.6 is 11.8 Å². The normalized spacial score (nSPS) is 28.9. The van der Waals surface area contributed by atoms with E-state index in [2.05, 4.69) is 5.32 Å². The highest BCUT2D eigenvalue weighted by Gasteiger charge is 2.31. The summed E-state index contributed by atoms with van der Waals surface area (Å²) in [7, 11) is 0. The van der Waals surface area contributed by atoms with Crippen LogP contribution in [0.15, 0.2) is 0 Å². The van der Waals surface area contributed by atoms with Gasteiger partial charge in [0.15, 0.2) is 0 Å². The molecule has 2 N–H and O–H groups in total. The van der Waals surface area contributed by atoms with E-state index < -0.39 is 5.60 Å². The van der Waals surface area contributed by atoms with E-state index >= 15 is 0 Å². The van der Waals surface area contributed by atoms with E-state index in [4.69, 9.17) is 4.74 Å². The summed E-state index contributed by atoms with van der Waals surface area (Å²) in [5.74, 6) is 2.25. The van der Waals surface area contributed by atoms with Crippen LogP contribution in [0.25, 0.3) is 0 Å². The van der Waals surface area contributed by atoms with Crippen molar-refractivity contribution in [3.05, 3.63) is 0 Å². The van der Waals surface area contributed by atoms with Crippen LogP contribution in [0.3, 0.4) is 0 Å². The number of nitrogens with one attached hydrogen (secondary N) is 1. The summed E-state index contributed by atoms with van der Waals surface area (Å²) in [6, 6.07) is 0. The Morgan fingerprint density at radius 3 is 2.88 bits per heavy atom. The molecule has 0 bridgehead atoms. The van der Waals surface area contributed by atoms with Crippen LogP contribution in [0.5, 0.6) is 0 Å². The minimum absolute atomic E-state index is 0.102. The molecule has 2 heterocycles. The maximum absolute atomic E-state index is 11.8. The molecule has 1 amide bonds. The monoisotopic (exact) mass is 245 g/mol. The van der Waals surface area contributed by atoms with Crippen molar-refractivity contribution in [3.63, 3.8) is 0 Å². The Labute approximate surface area is 100 Å². The molecular formula is C11H19NO3S. The molecular weight excluding hydrogens is 226 g/mol. The first-order valence-corrected chi connectivity index (χ1v) is 7.01. The number of thioether (sulfide) groups is 1. The number of carbonyl (C=O) groups is 1. The van der Waals surface area contributed by atoms with Crippen LogP contribution in [0.4, 0.5) is 0 Å². The van der Waals surface area contributed by atoms with Crippen molar-refractivity contribution in [1.82, 2.24) is 5.32 Å². The number of ether oxygens (including phenoxy) is 1. The fourth-order valence-corrected chi connectivity index (χ4v) is 3.29. The number of aliphatic hydroxyl groups is 1. The lowest BCUT2D eigenvalue weighted by Gasteiger charge is -2.32. The first-order valence-electron chi connectivity index (χ1n) is 5.85. The molecule has 0 aromatic rings. The van der Waals surface area contributed by atoms with Crippen molar-refractivity contribution in [1.29, 1.82) is 0 Å². The molecule has 2 saturated heterocycles. The van der Waals surface area contributed by atoms with E-state index in [0.717, 1.165) is 17.9 Å². The predicted octanol–water partition coefficient (Wildman–Crippen LogP) is 0.397. The second-order valence-electron chi connectivity index (χ2n) is 4.62. The van der Waals surface area contributed by atoms with Gasteiger partial charge in [-0.15, -0.1) is 0 Å². The molecule has 0 aromatic heterocycles. The SMILES string of the molecule is O=C(NCC1(O)CCOCC1)C1CCSC1. The molecule has 1 unspecified atom stereocenters. The molecule has 2 fully saturated rings. The zero-order valence-electron chi connectivity index (χ0n) is 9.41. The highest BCUT2D eigenvalue weighted by molar-refractivity contribution is 7.99. The third-order valence-corrected chi connectivity index (χ3v) is 4.48. The quantitative estimate of drug-likeness (QED) is 0.755. The molecule has 2 aliphatic rings. The minimum atomic E-state index is -0.750. The van der Waals surface area contributed by atoms with Crippen LogP contribution in [-0.2, 0) is 9.53 Å². The average Bonchev–Trinajstić information content (AvgIpc) is 2.80. The smallest absolute Gasteiger partial charge is 0.224 e. The molecule has 0 radical (unpaired) electrons. The number of amides is 1. The Bertz CT molecular complexity index is 248. The van der Waals surface area contributed by atoms with Crippen LogP contribution in [0, 0.1) is 5.92 Å². The maximum Gasteiger partial charge on any atom is 0.224 e. The fraction of sp³-hybridized carbons (Fsp3) is 0.909. The molecule has 0 saturated carbocycles. The van der Waals surface area contributed by atoms with Gasteiger partial charge in [0.05, 0.1) is 5.60 Å². The molecule has 2 rings (SSSR count). The van der Waals surface area contributed by atoms with E-state index in [1.54, 1.807) is 0 Å². The van der Waals surface area contributed by atoms with Crippen LogP contribution in [0.1, 0.15) is 19.3 Å². The number of rotatable bonds is 3.